The Morgan fingerprint density at radius 2 is 1.82 bits per heavy atom. The fraction of sp³-hybridized carbons (Fsp3) is 0.571. The third kappa shape index (κ3) is 2.86. The van der Waals surface area contributed by atoms with Gasteiger partial charge in [-0.15, -0.1) is 0 Å². The molecule has 0 fully saturated rings. The van der Waals surface area contributed by atoms with Gasteiger partial charge in [0.25, 0.3) is 0 Å². The Kier molecular flexibility index (Phi) is 3.82. The zero-order valence-corrected chi connectivity index (χ0v) is 10.7. The van der Waals surface area contributed by atoms with Crippen molar-refractivity contribution in [2.75, 3.05) is 33.8 Å². The average molecular weight is 234 g/mol. The molecular formula is C14H22N2O. The lowest BCUT2D eigenvalue weighted by molar-refractivity contribution is 0.164. The highest BCUT2D eigenvalue weighted by molar-refractivity contribution is 5.36. The molecule has 1 aromatic carbocycles. The first-order valence-electron chi connectivity index (χ1n) is 6.23. The molecule has 17 heavy (non-hydrogen) atoms. The summed E-state index contributed by atoms with van der Waals surface area (Å²) in [4.78, 5) is 2.15. The fourth-order valence-corrected chi connectivity index (χ4v) is 2.53. The molecule has 0 aromatic heterocycles. The highest BCUT2D eigenvalue weighted by Crippen LogP contribution is 2.29. The summed E-state index contributed by atoms with van der Waals surface area (Å²) < 4.78 is 0. The second-order valence-electron chi connectivity index (χ2n) is 5.29. The Bertz CT molecular complexity index is 351. The molecule has 2 N–H and O–H groups in total. The van der Waals surface area contributed by atoms with E-state index < -0.39 is 0 Å². The van der Waals surface area contributed by atoms with Gasteiger partial charge in [-0.25, -0.2) is 0 Å². The van der Waals surface area contributed by atoms with Gasteiger partial charge in [0.05, 0.1) is 6.61 Å². The summed E-state index contributed by atoms with van der Waals surface area (Å²) in [7, 11) is 4.13. The fourth-order valence-electron chi connectivity index (χ4n) is 2.53. The Labute approximate surface area is 103 Å². The zero-order chi connectivity index (χ0) is 12.3. The monoisotopic (exact) mass is 234 g/mol. The third-order valence-electron chi connectivity index (χ3n) is 3.54. The van der Waals surface area contributed by atoms with E-state index in [2.05, 4.69) is 48.6 Å². The third-order valence-corrected chi connectivity index (χ3v) is 3.54. The molecule has 0 amide bonds. The number of hydrogen-bond donors (Lipinski definition) is 2. The van der Waals surface area contributed by atoms with E-state index in [1.165, 1.54) is 11.1 Å². The highest BCUT2D eigenvalue weighted by atomic mass is 16.3. The van der Waals surface area contributed by atoms with E-state index in [0.29, 0.717) is 0 Å². The second-order valence-corrected chi connectivity index (χ2v) is 5.29. The van der Waals surface area contributed by atoms with E-state index in [4.69, 9.17) is 0 Å². The van der Waals surface area contributed by atoms with E-state index in [1.807, 2.05) is 0 Å². The summed E-state index contributed by atoms with van der Waals surface area (Å²) in [5, 5.41) is 13.2. The average Bonchev–Trinajstić information content (AvgIpc) is 2.67. The van der Waals surface area contributed by atoms with Crippen LogP contribution in [0.2, 0.25) is 0 Å². The number of aliphatic hydroxyl groups excluding tert-OH is 1. The molecule has 3 heteroatoms. The number of rotatable bonds is 5. The second kappa shape index (κ2) is 5.17. The number of hydrogen-bond acceptors (Lipinski definition) is 3. The van der Waals surface area contributed by atoms with Gasteiger partial charge in [-0.05, 0) is 38.1 Å². The molecule has 2 rings (SSSR count). The Morgan fingerprint density at radius 1 is 1.24 bits per heavy atom. The molecule has 1 aromatic rings. The van der Waals surface area contributed by atoms with E-state index in [0.717, 1.165) is 25.9 Å². The topological polar surface area (TPSA) is 35.5 Å². The van der Waals surface area contributed by atoms with E-state index in [1.54, 1.807) is 0 Å². The van der Waals surface area contributed by atoms with Crippen LogP contribution >= 0.6 is 0 Å². The Balaban J connectivity index is 1.99. The number of aliphatic hydroxyl groups is 1. The maximum Gasteiger partial charge on any atom is 0.0619 e. The van der Waals surface area contributed by atoms with Crippen LogP contribution in [0.3, 0.4) is 0 Å². The van der Waals surface area contributed by atoms with Crippen molar-refractivity contribution in [1.82, 2.24) is 10.2 Å². The smallest absolute Gasteiger partial charge is 0.0619 e. The minimum Gasteiger partial charge on any atom is -0.394 e. The Morgan fingerprint density at radius 3 is 2.29 bits per heavy atom. The van der Waals surface area contributed by atoms with Crippen molar-refractivity contribution in [2.45, 2.75) is 18.4 Å². The largest absolute Gasteiger partial charge is 0.394 e. The van der Waals surface area contributed by atoms with Crippen molar-refractivity contribution < 1.29 is 5.11 Å². The molecule has 3 nitrogen and oxygen atoms in total. The number of benzene rings is 1. The van der Waals surface area contributed by atoms with Crippen LogP contribution in [0.15, 0.2) is 24.3 Å². The van der Waals surface area contributed by atoms with Gasteiger partial charge in [0, 0.05) is 18.6 Å². The van der Waals surface area contributed by atoms with Crippen LogP contribution in [0.1, 0.15) is 11.1 Å². The van der Waals surface area contributed by atoms with Gasteiger partial charge in [-0.1, -0.05) is 24.3 Å². The number of nitrogens with one attached hydrogen (secondary N) is 1. The van der Waals surface area contributed by atoms with Crippen LogP contribution in [0.5, 0.6) is 0 Å². The van der Waals surface area contributed by atoms with E-state index in [-0.39, 0.29) is 12.1 Å². The van der Waals surface area contributed by atoms with Crippen LogP contribution in [0, 0.1) is 0 Å². The summed E-state index contributed by atoms with van der Waals surface area (Å²) in [5.74, 6) is 0. The summed E-state index contributed by atoms with van der Waals surface area (Å²) in [6.45, 7) is 2.12. The van der Waals surface area contributed by atoms with Crippen molar-refractivity contribution in [3.8, 4) is 0 Å². The van der Waals surface area contributed by atoms with Crippen LogP contribution in [0.4, 0.5) is 0 Å². The maximum absolute atomic E-state index is 9.68. The molecule has 0 unspecified atom stereocenters. The van der Waals surface area contributed by atoms with Gasteiger partial charge >= 0.3 is 0 Å². The quantitative estimate of drug-likeness (QED) is 0.786. The van der Waals surface area contributed by atoms with Crippen molar-refractivity contribution >= 4 is 0 Å². The van der Waals surface area contributed by atoms with Crippen LogP contribution in [0.25, 0.3) is 0 Å². The maximum atomic E-state index is 9.68. The van der Waals surface area contributed by atoms with Gasteiger partial charge in [-0.2, -0.15) is 0 Å². The lowest BCUT2D eigenvalue weighted by atomic mass is 9.97. The van der Waals surface area contributed by atoms with Crippen molar-refractivity contribution in [3.63, 3.8) is 0 Å². The highest BCUT2D eigenvalue weighted by Gasteiger charge is 2.35. The molecule has 1 aliphatic rings. The summed E-state index contributed by atoms with van der Waals surface area (Å²) in [6, 6.07) is 8.49. The first kappa shape index (κ1) is 12.6. The lowest BCUT2D eigenvalue weighted by Gasteiger charge is -2.29. The number of nitrogens with zero attached hydrogens (tertiary/aromatic N) is 1. The van der Waals surface area contributed by atoms with Gasteiger partial charge in [-0.3, -0.25) is 0 Å². The lowest BCUT2D eigenvalue weighted by Crippen LogP contribution is -2.51. The standard InChI is InChI=1S/C14H22N2O/c1-16(2)8-7-15-14(11-17)9-12-5-3-4-6-13(12)10-14/h3-6,15,17H,7-11H2,1-2H3. The molecule has 1 aliphatic carbocycles. The molecule has 0 aliphatic heterocycles. The van der Waals surface area contributed by atoms with Gasteiger partial charge in [0.1, 0.15) is 0 Å². The van der Waals surface area contributed by atoms with E-state index >= 15 is 0 Å². The van der Waals surface area contributed by atoms with Crippen LogP contribution < -0.4 is 5.32 Å². The predicted molar refractivity (Wildman–Crippen MR) is 70.2 cm³/mol. The molecule has 0 bridgehead atoms. The van der Waals surface area contributed by atoms with Gasteiger partial charge in [0.15, 0.2) is 0 Å². The summed E-state index contributed by atoms with van der Waals surface area (Å²) >= 11 is 0. The van der Waals surface area contributed by atoms with Gasteiger partial charge < -0.3 is 15.3 Å². The van der Waals surface area contributed by atoms with Crippen molar-refractivity contribution in [2.24, 2.45) is 0 Å². The molecular weight excluding hydrogens is 212 g/mol. The first-order valence-corrected chi connectivity index (χ1v) is 6.23. The molecule has 0 saturated carbocycles. The van der Waals surface area contributed by atoms with Crippen molar-refractivity contribution in [1.29, 1.82) is 0 Å². The molecule has 94 valence electrons. The number of likely N-dealkylation sites (N-methyl/N-ethyl adjacent to an activating group) is 1. The number of fused-ring (bicyclic) bond motifs is 1. The van der Waals surface area contributed by atoms with Crippen LogP contribution in [-0.2, 0) is 12.8 Å². The zero-order valence-electron chi connectivity index (χ0n) is 10.7. The Hall–Kier alpha value is -0.900. The predicted octanol–water partition coefficient (Wildman–Crippen LogP) is 0.668. The summed E-state index contributed by atoms with van der Waals surface area (Å²) in [5.41, 5.74) is 2.61. The van der Waals surface area contributed by atoms with Gasteiger partial charge in [0.2, 0.25) is 0 Å². The SMILES string of the molecule is CN(C)CCNC1(CO)Cc2ccccc2C1. The minimum absolute atomic E-state index is 0.139. The normalized spacial score (nSPS) is 17.4. The minimum atomic E-state index is -0.139. The van der Waals surface area contributed by atoms with Crippen molar-refractivity contribution in [3.05, 3.63) is 35.4 Å². The molecule has 0 spiro atoms. The molecule has 0 saturated heterocycles. The summed E-state index contributed by atoms with van der Waals surface area (Å²) in [6.07, 6.45) is 1.88. The molecule has 0 radical (unpaired) electrons. The molecule has 0 heterocycles. The van der Waals surface area contributed by atoms with E-state index in [9.17, 15) is 5.11 Å². The molecule has 0 atom stereocenters. The first-order chi connectivity index (χ1) is 8.15. The van der Waals surface area contributed by atoms with Crippen LogP contribution in [-0.4, -0.2) is 49.3 Å².